The predicted octanol–water partition coefficient (Wildman–Crippen LogP) is 1.99. The van der Waals surface area contributed by atoms with Crippen LogP contribution in [0.3, 0.4) is 0 Å². The summed E-state index contributed by atoms with van der Waals surface area (Å²) in [7, 11) is 1.53. The Labute approximate surface area is 134 Å². The van der Waals surface area contributed by atoms with E-state index in [4.69, 9.17) is 4.74 Å². The lowest BCUT2D eigenvalue weighted by Crippen LogP contribution is -2.47. The molecule has 0 spiro atoms. The molecule has 1 aliphatic rings. The second-order valence-electron chi connectivity index (χ2n) is 5.35. The first-order chi connectivity index (χ1) is 10.6. The monoisotopic (exact) mass is 325 g/mol. The third-order valence-corrected chi connectivity index (χ3v) is 4.72. The number of aryl methyl sites for hydroxylation is 1. The Hall–Kier alpha value is -1.63. The normalized spacial score (nSPS) is 18.1. The topological polar surface area (TPSA) is 71.5 Å². The number of carbonyl (C=O) groups excluding carboxylic acids is 2. The molecular weight excluding hydrogens is 302 g/mol. The van der Waals surface area contributed by atoms with Crippen LogP contribution in [0.4, 0.5) is 4.79 Å². The van der Waals surface area contributed by atoms with Crippen LogP contribution in [0.15, 0.2) is 5.38 Å². The second kappa shape index (κ2) is 8.12. The van der Waals surface area contributed by atoms with Crippen molar-refractivity contribution in [1.82, 2.24) is 15.2 Å². The number of amides is 2. The van der Waals surface area contributed by atoms with E-state index in [-0.39, 0.29) is 18.6 Å². The quantitative estimate of drug-likeness (QED) is 0.898. The predicted molar refractivity (Wildman–Crippen MR) is 85.0 cm³/mol. The van der Waals surface area contributed by atoms with Gasteiger partial charge in [-0.1, -0.05) is 6.92 Å². The molecule has 0 radical (unpaired) electrons. The van der Waals surface area contributed by atoms with E-state index in [2.05, 4.69) is 17.2 Å². The summed E-state index contributed by atoms with van der Waals surface area (Å²) in [4.78, 5) is 30.0. The molecule has 6 nitrogen and oxygen atoms in total. The summed E-state index contributed by atoms with van der Waals surface area (Å²) in [6, 6.07) is -0.0239. The first-order valence-electron chi connectivity index (χ1n) is 7.71. The highest BCUT2D eigenvalue weighted by atomic mass is 32.1. The van der Waals surface area contributed by atoms with E-state index < -0.39 is 6.09 Å². The van der Waals surface area contributed by atoms with Crippen molar-refractivity contribution in [3.05, 3.63) is 16.1 Å². The highest BCUT2D eigenvalue weighted by Crippen LogP contribution is 2.20. The molecule has 22 heavy (non-hydrogen) atoms. The summed E-state index contributed by atoms with van der Waals surface area (Å²) >= 11 is 1.54. The molecule has 1 aromatic rings. The molecule has 0 aliphatic carbocycles. The number of ether oxygens (including phenoxy) is 1. The molecule has 1 unspecified atom stereocenters. The summed E-state index contributed by atoms with van der Waals surface area (Å²) in [5.41, 5.74) is 1.03. The number of alkyl carbamates (subject to hydrolysis) is 1. The highest BCUT2D eigenvalue weighted by Gasteiger charge is 2.28. The van der Waals surface area contributed by atoms with Gasteiger partial charge in [0.1, 0.15) is 11.6 Å². The Kier molecular flexibility index (Phi) is 6.18. The first-order valence-corrected chi connectivity index (χ1v) is 8.59. The summed E-state index contributed by atoms with van der Waals surface area (Å²) < 4.78 is 5.13. The minimum absolute atomic E-state index is 0.0239. The Balaban J connectivity index is 1.93. The minimum atomic E-state index is -0.453. The van der Waals surface area contributed by atoms with Gasteiger partial charge in [-0.15, -0.1) is 11.3 Å². The Morgan fingerprint density at radius 2 is 2.32 bits per heavy atom. The van der Waals surface area contributed by atoms with Gasteiger partial charge in [0, 0.05) is 19.0 Å². The molecule has 2 amide bonds. The van der Waals surface area contributed by atoms with Crippen molar-refractivity contribution in [2.75, 3.05) is 20.2 Å². The Bertz CT molecular complexity index is 518. The van der Waals surface area contributed by atoms with Gasteiger partial charge in [-0.05, 0) is 25.7 Å². The molecule has 0 bridgehead atoms. The molecule has 122 valence electrons. The van der Waals surface area contributed by atoms with E-state index in [9.17, 15) is 9.59 Å². The number of nitrogens with zero attached hydrogens (tertiary/aromatic N) is 2. The van der Waals surface area contributed by atoms with Gasteiger partial charge in [0.2, 0.25) is 5.91 Å². The molecule has 2 heterocycles. The summed E-state index contributed by atoms with van der Waals surface area (Å²) in [5, 5.41) is 5.29. The number of hydrogen-bond donors (Lipinski definition) is 1. The lowest BCUT2D eigenvalue weighted by molar-refractivity contribution is -0.135. The average molecular weight is 325 g/mol. The molecule has 2 rings (SSSR count). The van der Waals surface area contributed by atoms with Crippen LogP contribution in [0.1, 0.15) is 36.9 Å². The highest BCUT2D eigenvalue weighted by molar-refractivity contribution is 7.09. The van der Waals surface area contributed by atoms with Gasteiger partial charge in [0.15, 0.2) is 0 Å². The van der Waals surface area contributed by atoms with Gasteiger partial charge in [-0.2, -0.15) is 0 Å². The number of carbonyl (C=O) groups is 2. The van der Waals surface area contributed by atoms with Crippen molar-refractivity contribution < 1.29 is 14.3 Å². The van der Waals surface area contributed by atoms with Gasteiger partial charge in [-0.3, -0.25) is 4.79 Å². The fraction of sp³-hybridized carbons (Fsp3) is 0.667. The summed E-state index contributed by atoms with van der Waals surface area (Å²) in [6.45, 7) is 3.04. The molecule has 0 saturated carbocycles. The van der Waals surface area contributed by atoms with Crippen molar-refractivity contribution in [3.63, 3.8) is 0 Å². The maximum Gasteiger partial charge on any atom is 0.406 e. The molecular formula is C15H23N3O3S. The minimum Gasteiger partial charge on any atom is -0.447 e. The van der Waals surface area contributed by atoms with Crippen LogP contribution in [-0.2, 0) is 22.4 Å². The van der Waals surface area contributed by atoms with Crippen LogP contribution < -0.4 is 5.32 Å². The smallest absolute Gasteiger partial charge is 0.406 e. The van der Waals surface area contributed by atoms with Crippen molar-refractivity contribution in [2.45, 2.75) is 45.1 Å². The Morgan fingerprint density at radius 3 is 3.00 bits per heavy atom. The molecule has 7 heteroatoms. The van der Waals surface area contributed by atoms with E-state index >= 15 is 0 Å². The van der Waals surface area contributed by atoms with Gasteiger partial charge in [-0.25, -0.2) is 9.78 Å². The van der Waals surface area contributed by atoms with E-state index in [1.165, 1.54) is 18.4 Å². The molecule has 1 aromatic heterocycles. The SMILES string of the molecule is CCc1csc(CC(=O)N2CCCCC2COC(=O)NC)n1. The Morgan fingerprint density at radius 1 is 1.50 bits per heavy atom. The van der Waals surface area contributed by atoms with Crippen LogP contribution in [0.25, 0.3) is 0 Å². The fourth-order valence-corrected chi connectivity index (χ4v) is 3.44. The zero-order valence-corrected chi connectivity index (χ0v) is 13.9. The zero-order chi connectivity index (χ0) is 15.9. The molecule has 1 atom stereocenters. The first kappa shape index (κ1) is 16.7. The second-order valence-corrected chi connectivity index (χ2v) is 6.29. The summed E-state index contributed by atoms with van der Waals surface area (Å²) in [5.74, 6) is 0.0715. The van der Waals surface area contributed by atoms with Crippen molar-refractivity contribution in [2.24, 2.45) is 0 Å². The molecule has 1 N–H and O–H groups in total. The third kappa shape index (κ3) is 4.43. The standard InChI is InChI=1S/C15H23N3O3S/c1-3-11-10-22-13(17-11)8-14(19)18-7-5-4-6-12(18)9-21-15(20)16-2/h10,12H,3-9H2,1-2H3,(H,16,20). The lowest BCUT2D eigenvalue weighted by atomic mass is 10.0. The van der Waals surface area contributed by atoms with Crippen LogP contribution >= 0.6 is 11.3 Å². The molecule has 1 saturated heterocycles. The van der Waals surface area contributed by atoms with Crippen molar-refractivity contribution in [1.29, 1.82) is 0 Å². The van der Waals surface area contributed by atoms with Crippen LogP contribution in [0, 0.1) is 0 Å². The fourth-order valence-electron chi connectivity index (χ4n) is 2.57. The van der Waals surface area contributed by atoms with Crippen LogP contribution in [0.2, 0.25) is 0 Å². The van der Waals surface area contributed by atoms with Gasteiger partial charge in [0.25, 0.3) is 0 Å². The third-order valence-electron chi connectivity index (χ3n) is 3.82. The summed E-state index contributed by atoms with van der Waals surface area (Å²) in [6.07, 6.45) is 3.70. The zero-order valence-electron chi connectivity index (χ0n) is 13.1. The number of likely N-dealkylation sites (tertiary alicyclic amines) is 1. The maximum atomic E-state index is 12.5. The molecule has 1 fully saturated rings. The number of thiazole rings is 1. The number of piperidine rings is 1. The van der Waals surface area contributed by atoms with E-state index in [0.29, 0.717) is 6.42 Å². The van der Waals surface area contributed by atoms with Crippen LogP contribution in [0.5, 0.6) is 0 Å². The number of hydrogen-bond acceptors (Lipinski definition) is 5. The van der Waals surface area contributed by atoms with Crippen LogP contribution in [-0.4, -0.2) is 48.1 Å². The van der Waals surface area contributed by atoms with E-state index in [0.717, 1.165) is 42.9 Å². The van der Waals surface area contributed by atoms with E-state index in [1.54, 1.807) is 0 Å². The van der Waals surface area contributed by atoms with Gasteiger partial charge >= 0.3 is 6.09 Å². The van der Waals surface area contributed by atoms with Crippen molar-refractivity contribution >= 4 is 23.3 Å². The average Bonchev–Trinajstić information content (AvgIpc) is 3.00. The van der Waals surface area contributed by atoms with E-state index in [1.807, 2.05) is 10.3 Å². The largest absolute Gasteiger partial charge is 0.447 e. The molecule has 1 aliphatic heterocycles. The molecule has 0 aromatic carbocycles. The number of rotatable bonds is 5. The van der Waals surface area contributed by atoms with Crippen molar-refractivity contribution in [3.8, 4) is 0 Å². The maximum absolute atomic E-state index is 12.5. The van der Waals surface area contributed by atoms with Gasteiger partial charge < -0.3 is 15.0 Å². The number of aromatic nitrogens is 1. The van der Waals surface area contributed by atoms with Gasteiger partial charge in [0.05, 0.1) is 18.2 Å². The number of nitrogens with one attached hydrogen (secondary N) is 1. The lowest BCUT2D eigenvalue weighted by Gasteiger charge is -2.35.